The van der Waals surface area contributed by atoms with Gasteiger partial charge in [0.15, 0.2) is 0 Å². The van der Waals surface area contributed by atoms with E-state index in [0.29, 0.717) is 25.7 Å². The van der Waals surface area contributed by atoms with Gasteiger partial charge < -0.3 is 19.4 Å². The van der Waals surface area contributed by atoms with Gasteiger partial charge in [0.25, 0.3) is 0 Å². The molecule has 0 saturated carbocycles. The van der Waals surface area contributed by atoms with Crippen molar-refractivity contribution in [1.29, 1.82) is 0 Å². The molecule has 1 N–H and O–H groups in total. The van der Waals surface area contributed by atoms with Crippen molar-refractivity contribution in [3.63, 3.8) is 0 Å². The van der Waals surface area contributed by atoms with Gasteiger partial charge in [0, 0.05) is 26.1 Å². The number of carbonyl (C=O) groups excluding carboxylic acids is 1. The van der Waals surface area contributed by atoms with Crippen molar-refractivity contribution >= 4 is 16.9 Å². The highest BCUT2D eigenvalue weighted by Crippen LogP contribution is 2.22. The largest absolute Gasteiger partial charge is 0.494 e. The maximum absolute atomic E-state index is 12.2. The van der Waals surface area contributed by atoms with Gasteiger partial charge >= 0.3 is 0 Å². The molecule has 182 valence electrons. The summed E-state index contributed by atoms with van der Waals surface area (Å²) in [6.45, 7) is 7.30. The molecular weight excluding hydrogens is 426 g/mol. The van der Waals surface area contributed by atoms with Crippen LogP contribution in [-0.2, 0) is 22.5 Å². The zero-order valence-corrected chi connectivity index (χ0v) is 20.5. The third-order valence-corrected chi connectivity index (χ3v) is 6.69. The topological polar surface area (TPSA) is 65.4 Å². The molecule has 6 nitrogen and oxygen atoms in total. The maximum atomic E-state index is 12.2. The Balaban J connectivity index is 1.29. The number of hydrogen-bond acceptors (Lipinski definition) is 4. The summed E-state index contributed by atoms with van der Waals surface area (Å²) in [6.07, 6.45) is 5.23. The summed E-state index contributed by atoms with van der Waals surface area (Å²) in [6, 6.07) is 16.8. The summed E-state index contributed by atoms with van der Waals surface area (Å²) in [5.41, 5.74) is 3.53. The Morgan fingerprint density at radius 3 is 2.79 bits per heavy atom. The van der Waals surface area contributed by atoms with E-state index in [9.17, 15) is 4.79 Å². The van der Waals surface area contributed by atoms with Gasteiger partial charge in [0.1, 0.15) is 17.7 Å². The number of aryl methyl sites for hydroxylation is 2. The minimum absolute atomic E-state index is 0.0142. The quantitative estimate of drug-likeness (QED) is 0.373. The third-order valence-electron chi connectivity index (χ3n) is 6.69. The maximum Gasteiger partial charge on any atom is 0.249 e. The Morgan fingerprint density at radius 2 is 2.03 bits per heavy atom. The molecule has 6 heteroatoms. The molecule has 2 unspecified atom stereocenters. The molecule has 2 heterocycles. The molecule has 1 fully saturated rings. The van der Waals surface area contributed by atoms with Gasteiger partial charge in [-0.05, 0) is 67.9 Å². The Labute approximate surface area is 202 Å². The summed E-state index contributed by atoms with van der Waals surface area (Å²) in [5, 5.41) is 3.01. The van der Waals surface area contributed by atoms with Crippen molar-refractivity contribution in [1.82, 2.24) is 14.9 Å². The summed E-state index contributed by atoms with van der Waals surface area (Å²) in [7, 11) is 0. The Kier molecular flexibility index (Phi) is 8.58. The summed E-state index contributed by atoms with van der Waals surface area (Å²) in [4.78, 5) is 17.0. The van der Waals surface area contributed by atoms with E-state index >= 15 is 0 Å². The van der Waals surface area contributed by atoms with E-state index in [0.717, 1.165) is 67.7 Å². The number of ether oxygens (including phenoxy) is 2. The van der Waals surface area contributed by atoms with Crippen LogP contribution >= 0.6 is 0 Å². The molecule has 2 atom stereocenters. The molecule has 1 saturated heterocycles. The van der Waals surface area contributed by atoms with Gasteiger partial charge in [-0.25, -0.2) is 4.98 Å². The number of nitrogens with one attached hydrogen (secondary N) is 1. The highest BCUT2D eigenvalue weighted by molar-refractivity contribution is 5.80. The smallest absolute Gasteiger partial charge is 0.249 e. The van der Waals surface area contributed by atoms with Crippen LogP contribution in [0.2, 0.25) is 0 Å². The summed E-state index contributed by atoms with van der Waals surface area (Å²) in [5.74, 6) is 2.57. The van der Waals surface area contributed by atoms with Crippen LogP contribution < -0.4 is 10.1 Å². The average molecular weight is 464 g/mol. The number of benzene rings is 2. The number of para-hydroxylation sites is 2. The molecule has 1 amide bonds. The van der Waals surface area contributed by atoms with Crippen molar-refractivity contribution in [2.45, 2.75) is 70.9 Å². The molecule has 0 radical (unpaired) electrons. The predicted octanol–water partition coefficient (Wildman–Crippen LogP) is 5.25. The Bertz CT molecular complexity index is 1050. The molecule has 0 aliphatic carbocycles. The lowest BCUT2D eigenvalue weighted by molar-refractivity contribution is -0.130. The SMILES string of the molecule is CCC(C)c1ccc(OCCCn2c(CCCNC(=O)C3CCCO3)nc3ccccc32)cc1. The number of aromatic nitrogens is 2. The lowest BCUT2D eigenvalue weighted by atomic mass is 9.99. The number of carbonyl (C=O) groups is 1. The molecule has 1 aromatic heterocycles. The molecule has 34 heavy (non-hydrogen) atoms. The van der Waals surface area contributed by atoms with Gasteiger partial charge in [0.2, 0.25) is 5.91 Å². The summed E-state index contributed by atoms with van der Waals surface area (Å²) < 4.78 is 13.8. The first-order valence-corrected chi connectivity index (χ1v) is 12.7. The van der Waals surface area contributed by atoms with Crippen LogP contribution in [0.3, 0.4) is 0 Å². The van der Waals surface area contributed by atoms with Gasteiger partial charge in [-0.3, -0.25) is 4.79 Å². The van der Waals surface area contributed by atoms with E-state index in [1.165, 1.54) is 5.56 Å². The second kappa shape index (κ2) is 12.0. The van der Waals surface area contributed by atoms with E-state index in [-0.39, 0.29) is 12.0 Å². The van der Waals surface area contributed by atoms with Crippen LogP contribution in [0.5, 0.6) is 5.75 Å². The van der Waals surface area contributed by atoms with Crippen molar-refractivity contribution in [2.75, 3.05) is 19.8 Å². The zero-order chi connectivity index (χ0) is 23.8. The van der Waals surface area contributed by atoms with E-state index in [2.05, 4.69) is 66.2 Å². The van der Waals surface area contributed by atoms with Crippen LogP contribution in [0.1, 0.15) is 63.3 Å². The first-order chi connectivity index (χ1) is 16.7. The number of amides is 1. The van der Waals surface area contributed by atoms with E-state index in [1.807, 2.05) is 6.07 Å². The van der Waals surface area contributed by atoms with Crippen molar-refractivity contribution < 1.29 is 14.3 Å². The monoisotopic (exact) mass is 463 g/mol. The lowest BCUT2D eigenvalue weighted by Gasteiger charge is -2.13. The number of rotatable bonds is 12. The highest BCUT2D eigenvalue weighted by Gasteiger charge is 2.22. The fourth-order valence-electron chi connectivity index (χ4n) is 4.46. The standard InChI is InChI=1S/C28H37N3O3/c1-3-21(2)22-13-15-23(16-14-22)33-20-8-18-31-25-10-5-4-9-24(25)30-27(31)12-6-17-29-28(32)26-11-7-19-34-26/h4-5,9-10,13-16,21,26H,3,6-8,11-12,17-20H2,1-2H3,(H,29,32). The zero-order valence-electron chi connectivity index (χ0n) is 20.5. The van der Waals surface area contributed by atoms with Gasteiger partial charge in [-0.15, -0.1) is 0 Å². The fraction of sp³-hybridized carbons (Fsp3) is 0.500. The number of fused-ring (bicyclic) bond motifs is 1. The Morgan fingerprint density at radius 1 is 1.21 bits per heavy atom. The lowest BCUT2D eigenvalue weighted by Crippen LogP contribution is -2.34. The second-order valence-electron chi connectivity index (χ2n) is 9.14. The molecule has 2 aromatic carbocycles. The van der Waals surface area contributed by atoms with Gasteiger partial charge in [0.05, 0.1) is 17.6 Å². The third kappa shape index (κ3) is 6.17. The van der Waals surface area contributed by atoms with E-state index in [4.69, 9.17) is 14.5 Å². The van der Waals surface area contributed by atoms with Crippen LogP contribution in [0, 0.1) is 0 Å². The van der Waals surface area contributed by atoms with Crippen LogP contribution in [0.25, 0.3) is 11.0 Å². The minimum atomic E-state index is -0.268. The first kappa shape index (κ1) is 24.3. The van der Waals surface area contributed by atoms with Gasteiger partial charge in [-0.1, -0.05) is 38.1 Å². The molecule has 1 aliphatic heterocycles. The number of nitrogens with zero attached hydrogens (tertiary/aromatic N) is 2. The molecular formula is C28H37N3O3. The minimum Gasteiger partial charge on any atom is -0.494 e. The Hall–Kier alpha value is -2.86. The molecule has 3 aromatic rings. The highest BCUT2D eigenvalue weighted by atomic mass is 16.5. The predicted molar refractivity (Wildman–Crippen MR) is 135 cm³/mol. The number of hydrogen-bond donors (Lipinski definition) is 1. The summed E-state index contributed by atoms with van der Waals surface area (Å²) >= 11 is 0. The fourth-order valence-corrected chi connectivity index (χ4v) is 4.46. The molecule has 0 spiro atoms. The second-order valence-corrected chi connectivity index (χ2v) is 9.14. The normalized spacial score (nSPS) is 16.6. The number of imidazole rings is 1. The van der Waals surface area contributed by atoms with Crippen LogP contribution in [0.15, 0.2) is 48.5 Å². The van der Waals surface area contributed by atoms with Crippen molar-refractivity contribution in [2.24, 2.45) is 0 Å². The average Bonchev–Trinajstić information content (AvgIpc) is 3.53. The van der Waals surface area contributed by atoms with Crippen LogP contribution in [0.4, 0.5) is 0 Å². The van der Waals surface area contributed by atoms with Gasteiger partial charge in [-0.2, -0.15) is 0 Å². The van der Waals surface area contributed by atoms with E-state index in [1.54, 1.807) is 0 Å². The molecule has 1 aliphatic rings. The van der Waals surface area contributed by atoms with E-state index < -0.39 is 0 Å². The molecule has 4 rings (SSSR count). The first-order valence-electron chi connectivity index (χ1n) is 12.7. The van der Waals surface area contributed by atoms with Crippen molar-refractivity contribution in [3.8, 4) is 5.75 Å². The van der Waals surface area contributed by atoms with Crippen LogP contribution in [-0.4, -0.2) is 41.3 Å². The molecule has 0 bridgehead atoms. The van der Waals surface area contributed by atoms with Crippen molar-refractivity contribution in [3.05, 3.63) is 59.9 Å².